The van der Waals surface area contributed by atoms with Crippen LogP contribution in [0, 0.1) is 0 Å². The molecule has 0 radical (unpaired) electrons. The van der Waals surface area contributed by atoms with Crippen LogP contribution < -0.4 is 0 Å². The van der Waals surface area contributed by atoms with Gasteiger partial charge in [0.2, 0.25) is 0 Å². The van der Waals surface area contributed by atoms with Gasteiger partial charge in [0.05, 0.1) is 0 Å². The number of aromatic nitrogens is 4. The summed E-state index contributed by atoms with van der Waals surface area (Å²) in [6.45, 7) is 4.14. The lowest BCUT2D eigenvalue weighted by Gasteiger charge is -2.07. The molecule has 90 valence electrons. The molecule has 2 aromatic rings. The number of aryl methyl sites for hydroxylation is 2. The van der Waals surface area contributed by atoms with Gasteiger partial charge in [0.1, 0.15) is 5.82 Å². The molecular formula is C12H15BrN4. The monoisotopic (exact) mass is 294 g/mol. The van der Waals surface area contributed by atoms with Crippen LogP contribution in [-0.4, -0.2) is 19.7 Å². The van der Waals surface area contributed by atoms with E-state index >= 15 is 0 Å². The van der Waals surface area contributed by atoms with Crippen LogP contribution in [0.15, 0.2) is 18.3 Å². The third-order valence-electron chi connectivity index (χ3n) is 2.56. The van der Waals surface area contributed by atoms with Gasteiger partial charge in [-0.3, -0.25) is 0 Å². The molecule has 0 aliphatic heterocycles. The molecule has 0 saturated heterocycles. The molecule has 2 heterocycles. The lowest BCUT2D eigenvalue weighted by Crippen LogP contribution is -2.07. The van der Waals surface area contributed by atoms with Crippen LogP contribution in [0.3, 0.4) is 0 Å². The molecule has 0 aromatic carbocycles. The van der Waals surface area contributed by atoms with Gasteiger partial charge in [-0.25, -0.2) is 9.97 Å². The maximum Gasteiger partial charge on any atom is 0.159 e. The molecule has 0 aliphatic rings. The third kappa shape index (κ3) is 2.39. The molecule has 2 aromatic heterocycles. The van der Waals surface area contributed by atoms with Crippen molar-refractivity contribution in [1.29, 1.82) is 0 Å². The Hall–Kier alpha value is -1.23. The first-order chi connectivity index (χ1) is 8.30. The van der Waals surface area contributed by atoms with Crippen molar-refractivity contribution in [3.05, 3.63) is 35.5 Å². The van der Waals surface area contributed by atoms with Crippen LogP contribution in [0.2, 0.25) is 0 Å². The molecule has 0 spiro atoms. The number of hydrogen-bond acceptors (Lipinski definition) is 3. The van der Waals surface area contributed by atoms with Gasteiger partial charge >= 0.3 is 0 Å². The second-order valence-electron chi connectivity index (χ2n) is 3.68. The highest BCUT2D eigenvalue weighted by Gasteiger charge is 2.12. The predicted octanol–water partition coefficient (Wildman–Crippen LogP) is 2.68. The average molecular weight is 295 g/mol. The number of nitrogens with zero attached hydrogens (tertiary/aromatic N) is 4. The summed E-state index contributed by atoms with van der Waals surface area (Å²) in [6, 6.07) is 3.98. The van der Waals surface area contributed by atoms with Crippen molar-refractivity contribution in [1.82, 2.24) is 19.7 Å². The summed E-state index contributed by atoms with van der Waals surface area (Å²) in [5.41, 5.74) is 1.12. The van der Waals surface area contributed by atoms with E-state index in [4.69, 9.17) is 0 Å². The Morgan fingerprint density at radius 2 is 2.12 bits per heavy atom. The minimum Gasteiger partial charge on any atom is -0.237 e. The summed E-state index contributed by atoms with van der Waals surface area (Å²) in [5.74, 6) is 2.70. The topological polar surface area (TPSA) is 43.6 Å². The quantitative estimate of drug-likeness (QED) is 0.815. The van der Waals surface area contributed by atoms with Crippen molar-refractivity contribution >= 4 is 15.9 Å². The van der Waals surface area contributed by atoms with Crippen molar-refractivity contribution in [2.75, 3.05) is 0 Å². The van der Waals surface area contributed by atoms with Gasteiger partial charge in [0, 0.05) is 29.9 Å². The number of pyridine rings is 1. The van der Waals surface area contributed by atoms with Crippen molar-refractivity contribution in [2.45, 2.75) is 32.0 Å². The van der Waals surface area contributed by atoms with E-state index in [2.05, 4.69) is 44.8 Å². The number of alkyl halides is 1. The van der Waals surface area contributed by atoms with Crippen LogP contribution in [0.4, 0.5) is 0 Å². The fourth-order valence-corrected chi connectivity index (χ4v) is 2.10. The molecule has 0 bridgehead atoms. The summed E-state index contributed by atoms with van der Waals surface area (Å²) in [4.78, 5) is 8.90. The zero-order valence-corrected chi connectivity index (χ0v) is 11.6. The van der Waals surface area contributed by atoms with Crippen LogP contribution in [0.1, 0.15) is 31.1 Å². The van der Waals surface area contributed by atoms with Gasteiger partial charge in [-0.05, 0) is 6.07 Å². The Balaban J connectivity index is 2.54. The van der Waals surface area contributed by atoms with E-state index in [-0.39, 0.29) is 0 Å². The Bertz CT molecular complexity index is 507. The van der Waals surface area contributed by atoms with Crippen LogP contribution in [-0.2, 0) is 18.2 Å². The molecule has 0 N–H and O–H groups in total. The normalized spacial score (nSPS) is 10.8. The molecule has 0 fully saturated rings. The predicted molar refractivity (Wildman–Crippen MR) is 70.5 cm³/mol. The van der Waals surface area contributed by atoms with E-state index in [1.807, 2.05) is 16.8 Å². The van der Waals surface area contributed by atoms with Gasteiger partial charge in [0.15, 0.2) is 11.6 Å². The lowest BCUT2D eigenvalue weighted by atomic mass is 10.3. The second-order valence-corrected chi connectivity index (χ2v) is 4.24. The average Bonchev–Trinajstić information content (AvgIpc) is 2.81. The second kappa shape index (κ2) is 5.40. The Labute approximate surface area is 109 Å². The first kappa shape index (κ1) is 12.2. The standard InChI is InChI=1S/C12H15BrN4/c1-3-10-15-11(4-2)17(16-10)12-9(8-13)6-5-7-14-12/h5-7H,3-4,8H2,1-2H3. The molecule has 0 unspecified atom stereocenters. The minimum absolute atomic E-state index is 0.765. The number of hydrogen-bond donors (Lipinski definition) is 0. The Morgan fingerprint density at radius 3 is 2.76 bits per heavy atom. The van der Waals surface area contributed by atoms with Gasteiger partial charge in [-0.15, -0.1) is 5.10 Å². The Morgan fingerprint density at radius 1 is 1.29 bits per heavy atom. The first-order valence-corrected chi connectivity index (χ1v) is 6.87. The van der Waals surface area contributed by atoms with E-state index in [0.717, 1.165) is 41.2 Å². The zero-order valence-electron chi connectivity index (χ0n) is 10.0. The summed E-state index contributed by atoms with van der Waals surface area (Å²) in [6.07, 6.45) is 3.48. The van der Waals surface area contributed by atoms with Crippen LogP contribution >= 0.6 is 15.9 Å². The summed E-state index contributed by atoms with van der Waals surface area (Å²) in [7, 11) is 0. The SMILES string of the molecule is CCc1nc(CC)n(-c2ncccc2CBr)n1. The van der Waals surface area contributed by atoms with Crippen molar-refractivity contribution in [3.63, 3.8) is 0 Å². The largest absolute Gasteiger partial charge is 0.237 e. The number of rotatable bonds is 4. The molecule has 2 rings (SSSR count). The van der Waals surface area contributed by atoms with E-state index in [1.54, 1.807) is 6.20 Å². The highest BCUT2D eigenvalue weighted by molar-refractivity contribution is 9.08. The highest BCUT2D eigenvalue weighted by atomic mass is 79.9. The molecule has 4 nitrogen and oxygen atoms in total. The highest BCUT2D eigenvalue weighted by Crippen LogP contribution is 2.16. The molecule has 5 heteroatoms. The van der Waals surface area contributed by atoms with Gasteiger partial charge in [-0.1, -0.05) is 35.8 Å². The molecule has 0 saturated carbocycles. The molecule has 0 aliphatic carbocycles. The first-order valence-electron chi connectivity index (χ1n) is 5.75. The van der Waals surface area contributed by atoms with E-state index in [0.29, 0.717) is 0 Å². The molecule has 17 heavy (non-hydrogen) atoms. The summed E-state index contributed by atoms with van der Waals surface area (Å²) < 4.78 is 1.86. The zero-order chi connectivity index (χ0) is 12.3. The maximum absolute atomic E-state index is 4.50. The lowest BCUT2D eigenvalue weighted by molar-refractivity contribution is 0.763. The third-order valence-corrected chi connectivity index (χ3v) is 3.17. The summed E-state index contributed by atoms with van der Waals surface area (Å²) in [5, 5.41) is 5.27. The van der Waals surface area contributed by atoms with Gasteiger partial charge in [0.25, 0.3) is 0 Å². The number of halogens is 1. The van der Waals surface area contributed by atoms with Gasteiger partial charge in [-0.2, -0.15) is 4.68 Å². The van der Waals surface area contributed by atoms with Crippen LogP contribution in [0.5, 0.6) is 0 Å². The van der Waals surface area contributed by atoms with E-state index in [9.17, 15) is 0 Å². The van der Waals surface area contributed by atoms with Crippen molar-refractivity contribution < 1.29 is 0 Å². The minimum atomic E-state index is 0.765. The summed E-state index contributed by atoms with van der Waals surface area (Å²) >= 11 is 3.47. The van der Waals surface area contributed by atoms with Gasteiger partial charge < -0.3 is 0 Å². The van der Waals surface area contributed by atoms with Crippen molar-refractivity contribution in [3.8, 4) is 5.82 Å². The molecular weight excluding hydrogens is 280 g/mol. The fraction of sp³-hybridized carbons (Fsp3) is 0.417. The maximum atomic E-state index is 4.50. The smallest absolute Gasteiger partial charge is 0.159 e. The Kier molecular flexibility index (Phi) is 3.89. The van der Waals surface area contributed by atoms with Crippen LogP contribution in [0.25, 0.3) is 5.82 Å². The van der Waals surface area contributed by atoms with Crippen molar-refractivity contribution in [2.24, 2.45) is 0 Å². The van der Waals surface area contributed by atoms with E-state index < -0.39 is 0 Å². The fourth-order valence-electron chi connectivity index (χ4n) is 1.67. The molecule has 0 atom stereocenters. The molecule has 0 amide bonds. The van der Waals surface area contributed by atoms with E-state index in [1.165, 1.54) is 0 Å².